The van der Waals surface area contributed by atoms with E-state index in [4.69, 9.17) is 0 Å². The van der Waals surface area contributed by atoms with Crippen LogP contribution in [0.5, 0.6) is 0 Å². The summed E-state index contributed by atoms with van der Waals surface area (Å²) >= 11 is 0. The van der Waals surface area contributed by atoms with Crippen molar-refractivity contribution < 1.29 is 8.78 Å². The van der Waals surface area contributed by atoms with Crippen molar-refractivity contribution in [1.82, 2.24) is 25.5 Å². The summed E-state index contributed by atoms with van der Waals surface area (Å²) in [5, 5.41) is 14.7. The van der Waals surface area contributed by atoms with Gasteiger partial charge in [-0.1, -0.05) is 13.8 Å². The quantitative estimate of drug-likeness (QED) is 0.913. The third-order valence-electron chi connectivity index (χ3n) is 2.86. The van der Waals surface area contributed by atoms with Crippen LogP contribution in [0.15, 0.2) is 18.2 Å². The number of aromatic nitrogens is 4. The van der Waals surface area contributed by atoms with Crippen molar-refractivity contribution in [1.29, 1.82) is 0 Å². The highest BCUT2D eigenvalue weighted by molar-refractivity contribution is 5.32. The Kier molecular flexibility index (Phi) is 4.39. The lowest BCUT2D eigenvalue weighted by molar-refractivity contribution is 0.473. The summed E-state index contributed by atoms with van der Waals surface area (Å²) in [7, 11) is 0. The number of benzene rings is 1. The number of nitrogens with one attached hydrogen (secondary N) is 1. The van der Waals surface area contributed by atoms with Crippen LogP contribution in [0.25, 0.3) is 5.69 Å². The zero-order valence-electron chi connectivity index (χ0n) is 11.6. The highest BCUT2D eigenvalue weighted by atomic mass is 19.2. The predicted octanol–water partition coefficient (Wildman–Crippen LogP) is 2.25. The summed E-state index contributed by atoms with van der Waals surface area (Å²) in [5.41, 5.74) is 0.391. The van der Waals surface area contributed by atoms with Gasteiger partial charge in [0, 0.05) is 6.07 Å². The topological polar surface area (TPSA) is 55.6 Å². The summed E-state index contributed by atoms with van der Waals surface area (Å²) < 4.78 is 27.6. The minimum absolute atomic E-state index is 0.0967. The molecule has 0 aliphatic heterocycles. The highest BCUT2D eigenvalue weighted by Crippen LogP contribution is 2.16. The first-order valence-electron chi connectivity index (χ1n) is 6.46. The molecule has 1 heterocycles. The van der Waals surface area contributed by atoms with Gasteiger partial charge < -0.3 is 5.32 Å². The zero-order valence-corrected chi connectivity index (χ0v) is 11.6. The Morgan fingerprint density at radius 3 is 2.60 bits per heavy atom. The largest absolute Gasteiger partial charge is 0.307 e. The van der Waals surface area contributed by atoms with Gasteiger partial charge in [0.15, 0.2) is 17.5 Å². The number of tetrazole rings is 1. The van der Waals surface area contributed by atoms with Crippen molar-refractivity contribution in [2.45, 2.75) is 26.8 Å². The molecule has 1 N–H and O–H groups in total. The molecule has 7 heteroatoms. The van der Waals surface area contributed by atoms with Crippen molar-refractivity contribution in [2.24, 2.45) is 5.92 Å². The van der Waals surface area contributed by atoms with Gasteiger partial charge in [-0.3, -0.25) is 0 Å². The van der Waals surface area contributed by atoms with Crippen LogP contribution < -0.4 is 5.32 Å². The first-order chi connectivity index (χ1) is 9.49. The smallest absolute Gasteiger partial charge is 0.173 e. The molecule has 0 amide bonds. The molecule has 0 bridgehead atoms. The molecule has 1 aromatic heterocycles. The Morgan fingerprint density at radius 2 is 1.95 bits per heavy atom. The van der Waals surface area contributed by atoms with Crippen LogP contribution in [-0.4, -0.2) is 26.8 Å². The molecular weight excluding hydrogens is 264 g/mol. The lowest BCUT2D eigenvalue weighted by Gasteiger charge is -2.15. The van der Waals surface area contributed by atoms with Crippen molar-refractivity contribution in [3.8, 4) is 5.69 Å². The van der Waals surface area contributed by atoms with E-state index < -0.39 is 11.6 Å². The third-order valence-corrected chi connectivity index (χ3v) is 2.86. The van der Waals surface area contributed by atoms with Gasteiger partial charge in [0.25, 0.3) is 0 Å². The molecular formula is C13H17F2N5. The molecule has 2 aromatic rings. The van der Waals surface area contributed by atoms with E-state index in [0.29, 0.717) is 17.4 Å². The lowest BCUT2D eigenvalue weighted by Crippen LogP contribution is -2.25. The minimum atomic E-state index is -0.924. The fraction of sp³-hybridized carbons (Fsp3) is 0.462. The molecule has 0 saturated heterocycles. The second-order valence-electron chi connectivity index (χ2n) is 5.07. The van der Waals surface area contributed by atoms with Gasteiger partial charge in [-0.2, -0.15) is 4.68 Å². The van der Waals surface area contributed by atoms with E-state index in [0.717, 1.165) is 18.7 Å². The summed E-state index contributed by atoms with van der Waals surface area (Å²) in [5.74, 6) is -0.775. The first-order valence-corrected chi connectivity index (χ1v) is 6.46. The molecule has 0 aliphatic rings. The van der Waals surface area contributed by atoms with Gasteiger partial charge >= 0.3 is 0 Å². The molecule has 0 radical (unpaired) electrons. The van der Waals surface area contributed by atoms with Crippen molar-refractivity contribution >= 4 is 0 Å². The fourth-order valence-electron chi connectivity index (χ4n) is 1.77. The van der Waals surface area contributed by atoms with Crippen LogP contribution >= 0.6 is 0 Å². The normalized spacial score (nSPS) is 12.9. The van der Waals surface area contributed by atoms with Crippen LogP contribution in [-0.2, 0) is 0 Å². The highest BCUT2D eigenvalue weighted by Gasteiger charge is 2.16. The summed E-state index contributed by atoms with van der Waals surface area (Å²) in [6.45, 7) is 6.92. The molecule has 20 heavy (non-hydrogen) atoms. The van der Waals surface area contributed by atoms with E-state index in [9.17, 15) is 8.78 Å². The maximum Gasteiger partial charge on any atom is 0.173 e. The Bertz CT molecular complexity index is 582. The molecule has 0 spiro atoms. The van der Waals surface area contributed by atoms with Gasteiger partial charge in [0.2, 0.25) is 0 Å². The Labute approximate surface area is 116 Å². The van der Waals surface area contributed by atoms with Crippen molar-refractivity contribution in [2.75, 3.05) is 6.54 Å². The lowest BCUT2D eigenvalue weighted by atomic mass is 10.2. The second kappa shape index (κ2) is 6.04. The van der Waals surface area contributed by atoms with Gasteiger partial charge in [0.1, 0.15) is 0 Å². The summed E-state index contributed by atoms with van der Waals surface area (Å²) in [6, 6.07) is 3.47. The molecule has 0 aliphatic carbocycles. The number of hydrogen-bond donors (Lipinski definition) is 1. The number of nitrogens with zero attached hydrogens (tertiary/aromatic N) is 4. The average molecular weight is 281 g/mol. The van der Waals surface area contributed by atoms with Crippen LogP contribution in [0.3, 0.4) is 0 Å². The Balaban J connectivity index is 2.25. The first kappa shape index (κ1) is 14.5. The van der Waals surface area contributed by atoms with Crippen LogP contribution in [0.4, 0.5) is 8.78 Å². The van der Waals surface area contributed by atoms with Crippen molar-refractivity contribution in [3.05, 3.63) is 35.7 Å². The van der Waals surface area contributed by atoms with Gasteiger partial charge in [-0.25, -0.2) is 8.78 Å². The van der Waals surface area contributed by atoms with Crippen molar-refractivity contribution in [3.63, 3.8) is 0 Å². The second-order valence-corrected chi connectivity index (χ2v) is 5.07. The molecule has 1 atom stereocenters. The Morgan fingerprint density at radius 1 is 1.20 bits per heavy atom. The number of halogens is 2. The predicted molar refractivity (Wildman–Crippen MR) is 70.3 cm³/mol. The molecule has 0 saturated carbocycles. The minimum Gasteiger partial charge on any atom is -0.307 e. The van der Waals surface area contributed by atoms with Gasteiger partial charge in [-0.05, 0) is 41.9 Å². The maximum atomic E-state index is 13.3. The summed E-state index contributed by atoms with van der Waals surface area (Å²) in [6.07, 6.45) is 0. The Hall–Kier alpha value is -1.89. The van der Waals surface area contributed by atoms with E-state index in [1.807, 2.05) is 6.92 Å². The number of rotatable bonds is 5. The zero-order chi connectivity index (χ0) is 14.7. The molecule has 1 aromatic carbocycles. The van der Waals surface area contributed by atoms with E-state index in [1.54, 1.807) is 0 Å². The standard InChI is InChI=1S/C13H17F2N5/c1-8(2)7-16-9(3)13-17-18-19-20(13)10-4-5-11(14)12(15)6-10/h4-6,8-9,16H,7H2,1-3H3. The molecule has 0 fully saturated rings. The number of hydrogen-bond acceptors (Lipinski definition) is 4. The van der Waals surface area contributed by atoms with Crippen LogP contribution in [0, 0.1) is 17.6 Å². The van der Waals surface area contributed by atoms with Gasteiger partial charge in [-0.15, -0.1) is 5.10 Å². The van der Waals surface area contributed by atoms with E-state index in [-0.39, 0.29) is 6.04 Å². The maximum absolute atomic E-state index is 13.3. The van der Waals surface area contributed by atoms with E-state index in [1.165, 1.54) is 10.7 Å². The van der Waals surface area contributed by atoms with Gasteiger partial charge in [0.05, 0.1) is 11.7 Å². The average Bonchev–Trinajstić information content (AvgIpc) is 2.88. The fourth-order valence-corrected chi connectivity index (χ4v) is 1.77. The van der Waals surface area contributed by atoms with Crippen LogP contribution in [0.2, 0.25) is 0 Å². The molecule has 1 unspecified atom stereocenters. The molecule has 2 rings (SSSR count). The third kappa shape index (κ3) is 3.16. The summed E-state index contributed by atoms with van der Waals surface area (Å²) in [4.78, 5) is 0. The SMILES string of the molecule is CC(C)CNC(C)c1nnnn1-c1ccc(F)c(F)c1. The molecule has 5 nitrogen and oxygen atoms in total. The van der Waals surface area contributed by atoms with E-state index >= 15 is 0 Å². The molecule has 108 valence electrons. The monoisotopic (exact) mass is 281 g/mol. The van der Waals surface area contributed by atoms with E-state index in [2.05, 4.69) is 34.7 Å². The van der Waals surface area contributed by atoms with Crippen LogP contribution in [0.1, 0.15) is 32.6 Å².